The minimum Gasteiger partial charge on any atom is -0.464 e. The molecule has 8 nitrogen and oxygen atoms in total. The molecule has 2 heterocycles. The molecule has 1 atom stereocenters. The van der Waals surface area contributed by atoms with Gasteiger partial charge in [-0.1, -0.05) is 12.1 Å². The smallest absolute Gasteiger partial charge is 0.355 e. The number of nitrogens with one attached hydrogen (secondary N) is 1. The molecule has 25 heavy (non-hydrogen) atoms. The van der Waals surface area contributed by atoms with Gasteiger partial charge in [0.05, 0.1) is 19.2 Å². The monoisotopic (exact) mass is 343 g/mol. The van der Waals surface area contributed by atoms with E-state index in [9.17, 15) is 19.2 Å². The molecular weight excluding hydrogens is 326 g/mol. The zero-order valence-electron chi connectivity index (χ0n) is 14.0. The highest BCUT2D eigenvalue weighted by Gasteiger charge is 2.59. The van der Waals surface area contributed by atoms with E-state index in [1.54, 1.807) is 18.2 Å². The van der Waals surface area contributed by atoms with Gasteiger partial charge in [0.2, 0.25) is 11.8 Å². The minimum absolute atomic E-state index is 0.0510. The molecule has 1 aromatic carbocycles. The fraction of sp³-hybridized carbons (Fsp3) is 0.294. The van der Waals surface area contributed by atoms with Crippen molar-refractivity contribution in [3.05, 3.63) is 41.6 Å². The topological polar surface area (TPSA) is 96.0 Å². The van der Waals surface area contributed by atoms with Gasteiger partial charge in [0.25, 0.3) is 5.91 Å². The quantitative estimate of drug-likeness (QED) is 0.618. The Morgan fingerprint density at radius 1 is 1.28 bits per heavy atom. The third kappa shape index (κ3) is 2.46. The van der Waals surface area contributed by atoms with Crippen LogP contribution in [-0.4, -0.2) is 41.3 Å². The van der Waals surface area contributed by atoms with Crippen LogP contribution in [0.5, 0.6) is 0 Å². The highest BCUT2D eigenvalue weighted by molar-refractivity contribution is 6.26. The van der Waals surface area contributed by atoms with Crippen molar-refractivity contribution < 1.29 is 23.9 Å². The first kappa shape index (κ1) is 16.7. The van der Waals surface area contributed by atoms with Crippen LogP contribution >= 0.6 is 0 Å². The number of anilines is 1. The molecule has 0 aliphatic carbocycles. The number of carbonyl (C=O) groups is 4. The average Bonchev–Trinajstić information content (AvgIpc) is 3.06. The van der Waals surface area contributed by atoms with Gasteiger partial charge in [-0.05, 0) is 30.7 Å². The zero-order valence-corrected chi connectivity index (χ0v) is 14.0. The molecule has 130 valence electrons. The molecule has 1 saturated heterocycles. The number of amides is 3. The van der Waals surface area contributed by atoms with Crippen molar-refractivity contribution in [3.63, 3.8) is 0 Å². The van der Waals surface area contributed by atoms with E-state index in [4.69, 9.17) is 0 Å². The minimum atomic E-state index is -1.57. The summed E-state index contributed by atoms with van der Waals surface area (Å²) in [5.74, 6) is -2.27. The number of ether oxygens (including phenoxy) is 1. The van der Waals surface area contributed by atoms with E-state index in [1.165, 1.54) is 20.1 Å². The van der Waals surface area contributed by atoms with Gasteiger partial charge < -0.3 is 4.74 Å². The summed E-state index contributed by atoms with van der Waals surface area (Å²) in [6, 6.07) is 6.94. The van der Waals surface area contributed by atoms with Gasteiger partial charge in [0.1, 0.15) is 5.70 Å². The van der Waals surface area contributed by atoms with Crippen LogP contribution in [0.4, 0.5) is 5.69 Å². The van der Waals surface area contributed by atoms with Crippen LogP contribution in [0.15, 0.2) is 36.0 Å². The molecular formula is C17H17N3O5. The first-order valence-electron chi connectivity index (χ1n) is 7.63. The number of esters is 1. The van der Waals surface area contributed by atoms with Crippen molar-refractivity contribution >= 4 is 29.4 Å². The molecule has 0 unspecified atom stereocenters. The van der Waals surface area contributed by atoms with Crippen LogP contribution in [-0.2, 0) is 23.9 Å². The summed E-state index contributed by atoms with van der Waals surface area (Å²) in [6.07, 6.45) is 1.03. The number of hydrazine groups is 1. The lowest BCUT2D eigenvalue weighted by molar-refractivity contribution is -0.143. The number of hydrogen-bond acceptors (Lipinski definition) is 6. The Morgan fingerprint density at radius 2 is 2.00 bits per heavy atom. The molecule has 8 heteroatoms. The number of carbonyl (C=O) groups excluding carboxylic acids is 4. The lowest BCUT2D eigenvalue weighted by Gasteiger charge is -2.30. The number of hydrogen-bond donors (Lipinski definition) is 1. The molecule has 3 amide bonds. The number of imide groups is 1. The second-order valence-electron chi connectivity index (χ2n) is 5.99. The van der Waals surface area contributed by atoms with E-state index in [0.29, 0.717) is 5.69 Å². The Morgan fingerprint density at radius 3 is 2.60 bits per heavy atom. The SMILES string of the molecule is COC(=O)C1=C[C@@]2(CC(=O)N(c3cccc(C)c3)C2=O)N(C(C)=O)N1. The number of nitrogens with zero attached hydrogens (tertiary/aromatic N) is 2. The first-order valence-corrected chi connectivity index (χ1v) is 7.63. The summed E-state index contributed by atoms with van der Waals surface area (Å²) in [5.41, 5.74) is 2.27. The van der Waals surface area contributed by atoms with E-state index in [1.807, 2.05) is 13.0 Å². The van der Waals surface area contributed by atoms with E-state index >= 15 is 0 Å². The molecule has 2 aliphatic heterocycles. The van der Waals surface area contributed by atoms with Gasteiger partial charge in [0.15, 0.2) is 5.54 Å². The van der Waals surface area contributed by atoms with Gasteiger partial charge in [-0.3, -0.25) is 19.8 Å². The van der Waals surface area contributed by atoms with Gasteiger partial charge in [-0.2, -0.15) is 0 Å². The number of methoxy groups -OCH3 is 1. The maximum absolute atomic E-state index is 13.1. The first-order chi connectivity index (χ1) is 11.8. The lowest BCUT2D eigenvalue weighted by atomic mass is 9.96. The Bertz CT molecular complexity index is 831. The molecule has 3 rings (SSSR count). The third-order valence-electron chi connectivity index (χ3n) is 4.24. The number of aryl methyl sites for hydroxylation is 1. The van der Waals surface area contributed by atoms with Gasteiger partial charge in [-0.25, -0.2) is 14.7 Å². The molecule has 1 fully saturated rings. The molecule has 1 aromatic rings. The van der Waals surface area contributed by atoms with E-state index in [-0.39, 0.29) is 12.1 Å². The Balaban J connectivity index is 2.07. The number of rotatable bonds is 2. The van der Waals surface area contributed by atoms with Crippen LogP contribution in [0.25, 0.3) is 0 Å². The maximum Gasteiger partial charge on any atom is 0.355 e. The highest BCUT2D eigenvalue weighted by Crippen LogP contribution is 2.38. The predicted octanol–water partition coefficient (Wildman–Crippen LogP) is 0.421. The van der Waals surface area contributed by atoms with Crippen LogP contribution < -0.4 is 10.3 Å². The molecule has 0 bridgehead atoms. The van der Waals surface area contributed by atoms with E-state index < -0.39 is 29.2 Å². The van der Waals surface area contributed by atoms with E-state index in [0.717, 1.165) is 15.5 Å². The predicted molar refractivity (Wildman–Crippen MR) is 86.8 cm³/mol. The molecule has 0 radical (unpaired) electrons. The summed E-state index contributed by atoms with van der Waals surface area (Å²) < 4.78 is 4.64. The Labute approximate surface area is 144 Å². The molecule has 1 N–H and O–H groups in total. The van der Waals surface area contributed by atoms with Gasteiger partial charge >= 0.3 is 5.97 Å². The third-order valence-corrected chi connectivity index (χ3v) is 4.24. The number of benzene rings is 1. The molecule has 1 spiro atoms. The average molecular weight is 343 g/mol. The Kier molecular flexibility index (Phi) is 3.82. The largest absolute Gasteiger partial charge is 0.464 e. The normalized spacial score (nSPS) is 22.3. The maximum atomic E-state index is 13.1. The van der Waals surface area contributed by atoms with Crippen LogP contribution in [0.2, 0.25) is 0 Å². The summed E-state index contributed by atoms with van der Waals surface area (Å²) in [4.78, 5) is 50.5. The molecule has 2 aliphatic rings. The Hall–Kier alpha value is -3.16. The van der Waals surface area contributed by atoms with Crippen LogP contribution in [0.1, 0.15) is 18.9 Å². The van der Waals surface area contributed by atoms with Crippen molar-refractivity contribution in [1.29, 1.82) is 0 Å². The van der Waals surface area contributed by atoms with Crippen molar-refractivity contribution in [3.8, 4) is 0 Å². The summed E-state index contributed by atoms with van der Waals surface area (Å²) >= 11 is 0. The van der Waals surface area contributed by atoms with Crippen molar-refractivity contribution in [2.75, 3.05) is 12.0 Å². The summed E-state index contributed by atoms with van der Waals surface area (Å²) in [7, 11) is 1.19. The van der Waals surface area contributed by atoms with Crippen LogP contribution in [0.3, 0.4) is 0 Å². The van der Waals surface area contributed by atoms with Gasteiger partial charge in [-0.15, -0.1) is 0 Å². The second kappa shape index (κ2) is 5.73. The fourth-order valence-electron chi connectivity index (χ4n) is 3.14. The second-order valence-corrected chi connectivity index (χ2v) is 5.99. The van der Waals surface area contributed by atoms with Crippen LogP contribution in [0, 0.1) is 6.92 Å². The standard InChI is InChI=1S/C17H17N3O5/c1-10-5-4-6-12(7-10)19-14(22)9-17(16(19)24)8-13(15(23)25-3)18-20(17)11(2)21/h4-8,18H,9H2,1-3H3/t17-/m0/s1. The fourth-order valence-corrected chi connectivity index (χ4v) is 3.14. The zero-order chi connectivity index (χ0) is 18.4. The summed E-state index contributed by atoms with van der Waals surface area (Å²) in [5, 5.41) is 1.01. The molecule has 0 saturated carbocycles. The summed E-state index contributed by atoms with van der Waals surface area (Å²) in [6.45, 7) is 3.09. The van der Waals surface area contributed by atoms with Crippen molar-refractivity contribution in [1.82, 2.24) is 10.4 Å². The molecule has 0 aromatic heterocycles. The van der Waals surface area contributed by atoms with Crippen molar-refractivity contribution in [2.24, 2.45) is 0 Å². The lowest BCUT2D eigenvalue weighted by Crippen LogP contribution is -2.56. The highest BCUT2D eigenvalue weighted by atomic mass is 16.5. The van der Waals surface area contributed by atoms with E-state index in [2.05, 4.69) is 10.2 Å². The van der Waals surface area contributed by atoms with Gasteiger partial charge in [0, 0.05) is 6.92 Å². The van der Waals surface area contributed by atoms with Crippen molar-refractivity contribution in [2.45, 2.75) is 25.8 Å².